The van der Waals surface area contributed by atoms with Crippen molar-refractivity contribution in [2.24, 2.45) is 0 Å². The number of fused-ring (bicyclic) bond motifs is 2. The molecule has 2 bridgehead atoms. The first-order valence-electron chi connectivity index (χ1n) is 7.79. The lowest BCUT2D eigenvalue weighted by Gasteiger charge is -2.24. The van der Waals surface area contributed by atoms with Crippen LogP contribution in [0, 0.1) is 0 Å². The third-order valence-electron chi connectivity index (χ3n) is 5.00. The van der Waals surface area contributed by atoms with E-state index in [1.54, 1.807) is 0 Å². The van der Waals surface area contributed by atoms with E-state index in [1.165, 1.54) is 6.42 Å². The molecule has 1 N–H and O–H groups in total. The number of benzene rings is 1. The first-order chi connectivity index (χ1) is 10.2. The van der Waals surface area contributed by atoms with E-state index < -0.39 is 0 Å². The van der Waals surface area contributed by atoms with E-state index in [0.29, 0.717) is 18.5 Å². The fraction of sp³-hybridized carbons (Fsp3) is 0.588. The maximum Gasteiger partial charge on any atom is 0.313 e. The molecule has 0 aromatic heterocycles. The van der Waals surface area contributed by atoms with Crippen molar-refractivity contribution >= 4 is 5.97 Å². The molecule has 4 atom stereocenters. The number of carbonyl (C=O) groups excluding carboxylic acids is 1. The quantitative estimate of drug-likeness (QED) is 0.842. The third-order valence-corrected chi connectivity index (χ3v) is 5.00. The number of esters is 1. The number of hydrogen-bond donors (Lipinski definition) is 1. The van der Waals surface area contributed by atoms with Crippen LogP contribution in [-0.4, -0.2) is 47.8 Å². The summed E-state index contributed by atoms with van der Waals surface area (Å²) >= 11 is 0. The molecule has 2 aliphatic rings. The number of nitrogens with zero attached hydrogens (tertiary/aromatic N) is 1. The highest BCUT2D eigenvalue weighted by Crippen LogP contribution is 2.38. The van der Waals surface area contributed by atoms with Crippen LogP contribution in [0.4, 0.5) is 0 Å². The Hall–Kier alpha value is -1.39. The fourth-order valence-corrected chi connectivity index (χ4v) is 3.79. The van der Waals surface area contributed by atoms with E-state index >= 15 is 0 Å². The maximum atomic E-state index is 12.5. The van der Waals surface area contributed by atoms with Gasteiger partial charge >= 0.3 is 5.97 Å². The predicted molar refractivity (Wildman–Crippen MR) is 80.0 cm³/mol. The Balaban J connectivity index is 1.68. The summed E-state index contributed by atoms with van der Waals surface area (Å²) in [6, 6.07) is 10.6. The second-order valence-electron chi connectivity index (χ2n) is 6.15. The highest BCUT2D eigenvalue weighted by atomic mass is 16.5. The van der Waals surface area contributed by atoms with Crippen molar-refractivity contribution in [3.63, 3.8) is 0 Å². The van der Waals surface area contributed by atoms with Crippen LogP contribution in [0.3, 0.4) is 0 Å². The molecule has 0 saturated carbocycles. The van der Waals surface area contributed by atoms with Gasteiger partial charge < -0.3 is 9.84 Å². The molecule has 21 heavy (non-hydrogen) atoms. The normalized spacial score (nSPS) is 29.5. The van der Waals surface area contributed by atoms with Crippen LogP contribution < -0.4 is 0 Å². The highest BCUT2D eigenvalue weighted by molar-refractivity contribution is 5.78. The zero-order chi connectivity index (χ0) is 14.8. The van der Waals surface area contributed by atoms with Gasteiger partial charge in [0.05, 0.1) is 5.92 Å². The number of likely N-dealkylation sites (N-methyl/N-ethyl adjacent to an activating group) is 1. The van der Waals surface area contributed by atoms with Crippen LogP contribution in [0.25, 0.3) is 0 Å². The van der Waals surface area contributed by atoms with Crippen LogP contribution in [-0.2, 0) is 9.53 Å². The smallest absolute Gasteiger partial charge is 0.313 e. The predicted octanol–water partition coefficient (Wildman–Crippen LogP) is 1.93. The minimum absolute atomic E-state index is 0.00865. The lowest BCUT2D eigenvalue weighted by molar-refractivity contribution is -0.152. The number of aliphatic hydroxyl groups is 1. The van der Waals surface area contributed by atoms with Crippen molar-refractivity contribution in [3.05, 3.63) is 35.9 Å². The van der Waals surface area contributed by atoms with E-state index in [1.807, 2.05) is 30.3 Å². The number of ether oxygens (including phenoxy) is 1. The number of hydrogen-bond acceptors (Lipinski definition) is 4. The van der Waals surface area contributed by atoms with Gasteiger partial charge in [0.2, 0.25) is 0 Å². The van der Waals surface area contributed by atoms with Crippen molar-refractivity contribution in [2.75, 3.05) is 13.7 Å². The molecular formula is C17H23NO3. The number of carbonyl (C=O) groups is 1. The fourth-order valence-electron chi connectivity index (χ4n) is 3.79. The molecule has 3 rings (SSSR count). The Morgan fingerprint density at radius 2 is 2.14 bits per heavy atom. The highest BCUT2D eigenvalue weighted by Gasteiger charge is 2.46. The van der Waals surface area contributed by atoms with Crippen molar-refractivity contribution in [2.45, 2.75) is 49.8 Å². The standard InChI is InChI=1S/C17H23NO3/c1-18-13-7-8-15(18)16(11-13)21-17(20)14(9-10-19)12-5-3-2-4-6-12/h2-6,13-16,19H,7-11H2,1H3. The van der Waals surface area contributed by atoms with E-state index in [-0.39, 0.29) is 24.6 Å². The number of rotatable bonds is 5. The molecule has 1 aromatic carbocycles. The molecule has 4 nitrogen and oxygen atoms in total. The zero-order valence-electron chi connectivity index (χ0n) is 12.4. The van der Waals surface area contributed by atoms with Gasteiger partial charge in [0.25, 0.3) is 0 Å². The molecule has 2 heterocycles. The minimum atomic E-state index is -0.361. The van der Waals surface area contributed by atoms with Gasteiger partial charge in [-0.15, -0.1) is 0 Å². The Morgan fingerprint density at radius 1 is 1.38 bits per heavy atom. The molecule has 2 aliphatic heterocycles. The lowest BCUT2D eigenvalue weighted by atomic mass is 9.95. The van der Waals surface area contributed by atoms with Gasteiger partial charge in [-0.1, -0.05) is 30.3 Å². The average molecular weight is 289 g/mol. The van der Waals surface area contributed by atoms with Crippen molar-refractivity contribution in [1.82, 2.24) is 4.90 Å². The van der Waals surface area contributed by atoms with E-state index in [2.05, 4.69) is 11.9 Å². The second kappa shape index (κ2) is 6.16. The van der Waals surface area contributed by atoms with Crippen molar-refractivity contribution in [3.8, 4) is 0 Å². The molecular weight excluding hydrogens is 266 g/mol. The Labute approximate surface area is 125 Å². The van der Waals surface area contributed by atoms with Gasteiger partial charge in [0, 0.05) is 25.1 Å². The van der Waals surface area contributed by atoms with E-state index in [4.69, 9.17) is 4.74 Å². The first kappa shape index (κ1) is 14.5. The molecule has 0 spiro atoms. The topological polar surface area (TPSA) is 49.8 Å². The summed E-state index contributed by atoms with van der Waals surface area (Å²) < 4.78 is 5.79. The van der Waals surface area contributed by atoms with Crippen LogP contribution in [0.1, 0.15) is 37.2 Å². The Morgan fingerprint density at radius 3 is 2.71 bits per heavy atom. The average Bonchev–Trinajstić information content (AvgIpc) is 3.00. The summed E-state index contributed by atoms with van der Waals surface area (Å²) in [4.78, 5) is 14.9. The molecule has 4 unspecified atom stereocenters. The lowest BCUT2D eigenvalue weighted by Crippen LogP contribution is -2.34. The summed E-state index contributed by atoms with van der Waals surface area (Å²) in [5.41, 5.74) is 0.924. The van der Waals surface area contributed by atoms with Crippen LogP contribution in [0.2, 0.25) is 0 Å². The summed E-state index contributed by atoms with van der Waals surface area (Å²) in [7, 11) is 2.12. The second-order valence-corrected chi connectivity index (χ2v) is 6.15. The summed E-state index contributed by atoms with van der Waals surface area (Å²) in [6.45, 7) is -0.00865. The molecule has 0 amide bonds. The molecule has 2 fully saturated rings. The van der Waals surface area contributed by atoms with Crippen LogP contribution >= 0.6 is 0 Å². The SMILES string of the molecule is CN1C2CCC1C(OC(=O)C(CCO)c1ccccc1)C2. The number of aliphatic hydroxyl groups excluding tert-OH is 1. The molecule has 1 aromatic rings. The van der Waals surface area contributed by atoms with Gasteiger partial charge in [0.15, 0.2) is 0 Å². The molecule has 2 saturated heterocycles. The van der Waals surface area contributed by atoms with Gasteiger partial charge in [-0.2, -0.15) is 0 Å². The summed E-state index contributed by atoms with van der Waals surface area (Å²) in [6.07, 6.45) is 3.72. The monoisotopic (exact) mass is 289 g/mol. The molecule has 4 heteroatoms. The largest absolute Gasteiger partial charge is 0.460 e. The Bertz CT molecular complexity index is 490. The van der Waals surface area contributed by atoms with Crippen LogP contribution in [0.15, 0.2) is 30.3 Å². The van der Waals surface area contributed by atoms with Gasteiger partial charge in [0.1, 0.15) is 6.10 Å². The molecule has 114 valence electrons. The first-order valence-corrected chi connectivity index (χ1v) is 7.79. The summed E-state index contributed by atoms with van der Waals surface area (Å²) in [5, 5.41) is 9.24. The minimum Gasteiger partial charge on any atom is -0.460 e. The van der Waals surface area contributed by atoms with Gasteiger partial charge in [-0.05, 0) is 31.9 Å². The Kier molecular flexibility index (Phi) is 4.27. The third kappa shape index (κ3) is 2.83. The van der Waals surface area contributed by atoms with E-state index in [9.17, 15) is 9.90 Å². The van der Waals surface area contributed by atoms with Gasteiger partial charge in [-0.25, -0.2) is 0 Å². The van der Waals surface area contributed by atoms with E-state index in [0.717, 1.165) is 18.4 Å². The van der Waals surface area contributed by atoms with Gasteiger partial charge in [-0.3, -0.25) is 9.69 Å². The maximum absolute atomic E-state index is 12.5. The summed E-state index contributed by atoms with van der Waals surface area (Å²) in [5.74, 6) is -0.554. The molecule has 0 radical (unpaired) electrons. The zero-order valence-corrected chi connectivity index (χ0v) is 12.4. The van der Waals surface area contributed by atoms with Crippen LogP contribution in [0.5, 0.6) is 0 Å². The van der Waals surface area contributed by atoms with Crippen molar-refractivity contribution in [1.29, 1.82) is 0 Å². The molecule has 0 aliphatic carbocycles. The van der Waals surface area contributed by atoms with Crippen molar-refractivity contribution < 1.29 is 14.6 Å².